The van der Waals surface area contributed by atoms with Gasteiger partial charge in [-0.3, -0.25) is 14.9 Å². The number of carbonyl (C=O) groups excluding carboxylic acids is 2. The molecule has 3 rings (SSSR count). The Morgan fingerprint density at radius 1 is 1.24 bits per heavy atom. The monoisotopic (exact) mass is 421 g/mol. The van der Waals surface area contributed by atoms with Crippen LogP contribution in [-0.2, 0) is 11.8 Å². The fourth-order valence-corrected chi connectivity index (χ4v) is 3.16. The van der Waals surface area contributed by atoms with Crippen molar-refractivity contribution in [2.24, 2.45) is 7.05 Å². The van der Waals surface area contributed by atoms with Gasteiger partial charge in [0.2, 0.25) is 11.9 Å². The zero-order valence-corrected chi connectivity index (χ0v) is 17.6. The van der Waals surface area contributed by atoms with Crippen LogP contribution >= 0.6 is 12.4 Å². The van der Waals surface area contributed by atoms with E-state index in [0.29, 0.717) is 42.6 Å². The topological polar surface area (TPSA) is 98.1 Å². The Morgan fingerprint density at radius 3 is 2.59 bits per heavy atom. The highest BCUT2D eigenvalue weighted by atomic mass is 35.5. The maximum Gasteiger partial charge on any atom is 0.227 e. The first-order valence-electron chi connectivity index (χ1n) is 9.68. The Bertz CT molecular complexity index is 816. The van der Waals surface area contributed by atoms with Gasteiger partial charge in [-0.15, -0.1) is 12.4 Å². The van der Waals surface area contributed by atoms with Crippen LogP contribution in [0, 0.1) is 0 Å². The SMILES string of the molecule is CC(=O)c1ccc(OCCCC(=O)Nc2nc(C3CCNCC3)nn2C)cc1.Cl. The second-order valence-electron chi connectivity index (χ2n) is 7.02. The molecule has 0 atom stereocenters. The number of benzene rings is 1. The Kier molecular flexibility index (Phi) is 8.60. The first kappa shape index (κ1) is 22.8. The van der Waals surface area contributed by atoms with Crippen molar-refractivity contribution in [2.45, 2.75) is 38.5 Å². The van der Waals surface area contributed by atoms with Crippen LogP contribution < -0.4 is 15.4 Å². The molecule has 0 radical (unpaired) electrons. The number of nitrogens with one attached hydrogen (secondary N) is 2. The highest BCUT2D eigenvalue weighted by Crippen LogP contribution is 2.23. The summed E-state index contributed by atoms with van der Waals surface area (Å²) >= 11 is 0. The van der Waals surface area contributed by atoms with E-state index in [1.807, 2.05) is 0 Å². The van der Waals surface area contributed by atoms with Crippen molar-refractivity contribution in [3.8, 4) is 5.75 Å². The molecule has 9 heteroatoms. The molecule has 1 fully saturated rings. The lowest BCUT2D eigenvalue weighted by molar-refractivity contribution is -0.116. The van der Waals surface area contributed by atoms with Crippen LogP contribution in [0.4, 0.5) is 5.95 Å². The summed E-state index contributed by atoms with van der Waals surface area (Å²) in [5.74, 6) is 2.24. The van der Waals surface area contributed by atoms with E-state index in [0.717, 1.165) is 31.8 Å². The summed E-state index contributed by atoms with van der Waals surface area (Å²) < 4.78 is 7.25. The van der Waals surface area contributed by atoms with Crippen molar-refractivity contribution in [1.82, 2.24) is 20.1 Å². The molecular weight excluding hydrogens is 394 g/mol. The average Bonchev–Trinajstić information content (AvgIpc) is 3.06. The number of aryl methyl sites for hydroxylation is 1. The van der Waals surface area contributed by atoms with Crippen LogP contribution in [0.2, 0.25) is 0 Å². The van der Waals surface area contributed by atoms with Gasteiger partial charge >= 0.3 is 0 Å². The van der Waals surface area contributed by atoms with Gasteiger partial charge < -0.3 is 10.1 Å². The van der Waals surface area contributed by atoms with Crippen molar-refractivity contribution in [3.63, 3.8) is 0 Å². The molecule has 1 amide bonds. The summed E-state index contributed by atoms with van der Waals surface area (Å²) in [6.07, 6.45) is 2.95. The van der Waals surface area contributed by atoms with E-state index in [9.17, 15) is 9.59 Å². The smallest absolute Gasteiger partial charge is 0.227 e. The number of ether oxygens (including phenoxy) is 1. The van der Waals surface area contributed by atoms with Gasteiger partial charge in [0.25, 0.3) is 0 Å². The summed E-state index contributed by atoms with van der Waals surface area (Å²) in [7, 11) is 1.79. The molecule has 8 nitrogen and oxygen atoms in total. The Balaban J connectivity index is 0.00000300. The molecule has 1 saturated heterocycles. The standard InChI is InChI=1S/C20H27N5O3.ClH/c1-14(26)15-5-7-17(8-6-15)28-13-3-4-18(27)22-20-23-19(24-25(20)2)16-9-11-21-12-10-16;/h5-8,16,21H,3-4,9-13H2,1-2H3,(H,22,23,24,27);1H. The van der Waals surface area contributed by atoms with E-state index < -0.39 is 0 Å². The molecule has 29 heavy (non-hydrogen) atoms. The third kappa shape index (κ3) is 6.54. The minimum absolute atomic E-state index is 0. The van der Waals surface area contributed by atoms with Crippen molar-refractivity contribution in [2.75, 3.05) is 25.0 Å². The Morgan fingerprint density at radius 2 is 1.93 bits per heavy atom. The van der Waals surface area contributed by atoms with E-state index in [2.05, 4.69) is 20.7 Å². The molecule has 1 aromatic heterocycles. The molecular formula is C20H28ClN5O3. The van der Waals surface area contributed by atoms with Crippen LogP contribution in [-0.4, -0.2) is 46.2 Å². The second-order valence-corrected chi connectivity index (χ2v) is 7.02. The molecule has 1 aromatic carbocycles. The largest absolute Gasteiger partial charge is 0.494 e. The quantitative estimate of drug-likeness (QED) is 0.502. The molecule has 0 spiro atoms. The van der Waals surface area contributed by atoms with Crippen LogP contribution in [0.1, 0.15) is 54.7 Å². The minimum atomic E-state index is -0.108. The van der Waals surface area contributed by atoms with Crippen LogP contribution in [0.5, 0.6) is 5.75 Å². The number of hydrogen-bond donors (Lipinski definition) is 2. The predicted octanol–water partition coefficient (Wildman–Crippen LogP) is 2.70. The van der Waals surface area contributed by atoms with Crippen LogP contribution in [0.25, 0.3) is 0 Å². The zero-order chi connectivity index (χ0) is 19.9. The number of halogens is 1. The molecule has 2 aromatic rings. The maximum atomic E-state index is 12.2. The molecule has 1 aliphatic heterocycles. The lowest BCUT2D eigenvalue weighted by atomic mass is 9.98. The third-order valence-electron chi connectivity index (χ3n) is 4.81. The number of Topliss-reactive ketones (excluding diaryl/α,β-unsaturated/α-hetero) is 1. The number of aromatic nitrogens is 3. The van der Waals surface area contributed by atoms with Gasteiger partial charge in [-0.25, -0.2) is 4.68 Å². The molecule has 2 heterocycles. The van der Waals surface area contributed by atoms with Gasteiger partial charge in [-0.05, 0) is 63.5 Å². The molecule has 0 unspecified atom stereocenters. The Hall–Kier alpha value is -2.45. The fourth-order valence-electron chi connectivity index (χ4n) is 3.16. The highest BCUT2D eigenvalue weighted by molar-refractivity contribution is 5.94. The number of piperidine rings is 1. The van der Waals surface area contributed by atoms with E-state index in [4.69, 9.17) is 4.74 Å². The van der Waals surface area contributed by atoms with Crippen molar-refractivity contribution in [3.05, 3.63) is 35.7 Å². The summed E-state index contributed by atoms with van der Waals surface area (Å²) in [5.41, 5.74) is 0.652. The van der Waals surface area contributed by atoms with Crippen molar-refractivity contribution >= 4 is 30.0 Å². The Labute approximate surface area is 176 Å². The van der Waals surface area contributed by atoms with E-state index in [-0.39, 0.29) is 24.1 Å². The first-order chi connectivity index (χ1) is 13.5. The number of ketones is 1. The number of hydrogen-bond acceptors (Lipinski definition) is 6. The maximum absolute atomic E-state index is 12.2. The van der Waals surface area contributed by atoms with E-state index in [1.165, 1.54) is 6.92 Å². The van der Waals surface area contributed by atoms with Gasteiger partial charge in [-0.2, -0.15) is 10.1 Å². The lowest BCUT2D eigenvalue weighted by Gasteiger charge is -2.19. The predicted molar refractivity (Wildman–Crippen MR) is 113 cm³/mol. The number of anilines is 1. The van der Waals surface area contributed by atoms with Gasteiger partial charge in [0, 0.05) is 24.9 Å². The number of nitrogens with zero attached hydrogens (tertiary/aromatic N) is 3. The van der Waals surface area contributed by atoms with Crippen LogP contribution in [0.3, 0.4) is 0 Å². The van der Waals surface area contributed by atoms with Crippen molar-refractivity contribution in [1.29, 1.82) is 0 Å². The molecule has 0 saturated carbocycles. The number of carbonyl (C=O) groups is 2. The van der Waals surface area contributed by atoms with E-state index >= 15 is 0 Å². The van der Waals surface area contributed by atoms with Gasteiger partial charge in [0.1, 0.15) is 5.75 Å². The van der Waals surface area contributed by atoms with Gasteiger partial charge in [0.15, 0.2) is 11.6 Å². The average molecular weight is 422 g/mol. The zero-order valence-electron chi connectivity index (χ0n) is 16.8. The first-order valence-corrected chi connectivity index (χ1v) is 9.68. The summed E-state index contributed by atoms with van der Waals surface area (Å²) in [6.45, 7) is 3.90. The van der Waals surface area contributed by atoms with Gasteiger partial charge in [0.05, 0.1) is 6.61 Å². The minimum Gasteiger partial charge on any atom is -0.494 e. The van der Waals surface area contributed by atoms with E-state index in [1.54, 1.807) is 36.0 Å². The molecule has 158 valence electrons. The number of amides is 1. The normalized spacial score (nSPS) is 14.1. The molecule has 0 aliphatic carbocycles. The highest BCUT2D eigenvalue weighted by Gasteiger charge is 2.21. The second kappa shape index (κ2) is 10.9. The summed E-state index contributed by atoms with van der Waals surface area (Å²) in [5, 5.41) is 10.6. The van der Waals surface area contributed by atoms with Crippen LogP contribution in [0.15, 0.2) is 24.3 Å². The fraction of sp³-hybridized carbons (Fsp3) is 0.500. The number of rotatable bonds is 8. The molecule has 1 aliphatic rings. The summed E-state index contributed by atoms with van der Waals surface area (Å²) in [6, 6.07) is 6.99. The molecule has 2 N–H and O–H groups in total. The van der Waals surface area contributed by atoms with Gasteiger partial charge in [-0.1, -0.05) is 0 Å². The lowest BCUT2D eigenvalue weighted by Crippen LogP contribution is -2.27. The molecule has 0 bridgehead atoms. The summed E-state index contributed by atoms with van der Waals surface area (Å²) in [4.78, 5) is 27.9. The third-order valence-corrected chi connectivity index (χ3v) is 4.81. The van der Waals surface area contributed by atoms with Crippen molar-refractivity contribution < 1.29 is 14.3 Å².